The second-order valence-electron chi connectivity index (χ2n) is 4.83. The number of ether oxygens (including phenoxy) is 2. The van der Waals surface area contributed by atoms with Gasteiger partial charge >= 0.3 is 0 Å². The average molecular weight is 299 g/mol. The SMILES string of the molecule is CCC(CC)(CN)C(=O)Nc1cc2c(cc1Cl)OCO2. The van der Waals surface area contributed by atoms with Crippen molar-refractivity contribution in [1.82, 2.24) is 0 Å². The highest BCUT2D eigenvalue weighted by molar-refractivity contribution is 6.34. The topological polar surface area (TPSA) is 73.6 Å². The van der Waals surface area contributed by atoms with Gasteiger partial charge in [0.2, 0.25) is 12.7 Å². The summed E-state index contributed by atoms with van der Waals surface area (Å²) < 4.78 is 10.5. The van der Waals surface area contributed by atoms with E-state index in [4.69, 9.17) is 26.8 Å². The smallest absolute Gasteiger partial charge is 0.231 e. The summed E-state index contributed by atoms with van der Waals surface area (Å²) in [6, 6.07) is 3.32. The molecule has 6 heteroatoms. The Morgan fingerprint density at radius 2 is 1.95 bits per heavy atom. The number of carbonyl (C=O) groups excluding carboxylic acids is 1. The van der Waals surface area contributed by atoms with Crippen molar-refractivity contribution in [2.24, 2.45) is 11.1 Å². The molecule has 0 unspecified atom stereocenters. The molecule has 0 radical (unpaired) electrons. The minimum atomic E-state index is -0.570. The molecule has 1 amide bonds. The van der Waals surface area contributed by atoms with Gasteiger partial charge in [-0.2, -0.15) is 0 Å². The molecule has 110 valence electrons. The lowest BCUT2D eigenvalue weighted by Crippen LogP contribution is -2.41. The van der Waals surface area contributed by atoms with Gasteiger partial charge in [-0.15, -0.1) is 0 Å². The highest BCUT2D eigenvalue weighted by Gasteiger charge is 2.34. The Kier molecular flexibility index (Phi) is 4.40. The number of nitrogens with one attached hydrogen (secondary N) is 1. The Morgan fingerprint density at radius 1 is 1.35 bits per heavy atom. The molecular formula is C14H19ClN2O3. The molecule has 1 heterocycles. The van der Waals surface area contributed by atoms with E-state index in [2.05, 4.69) is 5.32 Å². The maximum atomic E-state index is 12.5. The Bertz CT molecular complexity index is 507. The van der Waals surface area contributed by atoms with Crippen molar-refractivity contribution in [1.29, 1.82) is 0 Å². The molecule has 0 atom stereocenters. The van der Waals surface area contributed by atoms with E-state index in [0.29, 0.717) is 41.6 Å². The van der Waals surface area contributed by atoms with Gasteiger partial charge in [0, 0.05) is 18.7 Å². The summed E-state index contributed by atoms with van der Waals surface area (Å²) in [5.74, 6) is 1.05. The second kappa shape index (κ2) is 5.89. The van der Waals surface area contributed by atoms with Gasteiger partial charge in [0.05, 0.1) is 16.1 Å². The van der Waals surface area contributed by atoms with Crippen molar-refractivity contribution in [3.05, 3.63) is 17.2 Å². The van der Waals surface area contributed by atoms with Crippen LogP contribution in [0.25, 0.3) is 0 Å². The summed E-state index contributed by atoms with van der Waals surface area (Å²) in [4.78, 5) is 12.5. The Labute approximate surface area is 123 Å². The Morgan fingerprint density at radius 3 is 2.50 bits per heavy atom. The number of hydrogen-bond acceptors (Lipinski definition) is 4. The van der Waals surface area contributed by atoms with E-state index >= 15 is 0 Å². The summed E-state index contributed by atoms with van der Waals surface area (Å²) in [5, 5.41) is 3.26. The van der Waals surface area contributed by atoms with Gasteiger partial charge in [-0.3, -0.25) is 4.79 Å². The van der Waals surface area contributed by atoms with Gasteiger partial charge in [-0.1, -0.05) is 25.4 Å². The van der Waals surface area contributed by atoms with E-state index in [1.807, 2.05) is 13.8 Å². The number of fused-ring (bicyclic) bond motifs is 1. The molecular weight excluding hydrogens is 280 g/mol. The van der Waals surface area contributed by atoms with Gasteiger partial charge in [-0.05, 0) is 12.8 Å². The van der Waals surface area contributed by atoms with E-state index < -0.39 is 5.41 Å². The molecule has 0 bridgehead atoms. The summed E-state index contributed by atoms with van der Waals surface area (Å²) in [7, 11) is 0. The van der Waals surface area contributed by atoms with Crippen LogP contribution in [0.5, 0.6) is 11.5 Å². The third-order valence-corrected chi connectivity index (χ3v) is 4.25. The number of carbonyl (C=O) groups is 1. The van der Waals surface area contributed by atoms with Crippen LogP contribution in [0, 0.1) is 5.41 Å². The van der Waals surface area contributed by atoms with Crippen LogP contribution in [-0.2, 0) is 4.79 Å². The van der Waals surface area contributed by atoms with E-state index in [1.54, 1.807) is 12.1 Å². The number of anilines is 1. The average Bonchev–Trinajstić information content (AvgIpc) is 2.89. The molecule has 0 spiro atoms. The zero-order valence-electron chi connectivity index (χ0n) is 11.7. The number of rotatable bonds is 5. The quantitative estimate of drug-likeness (QED) is 0.876. The molecule has 0 aliphatic carbocycles. The molecule has 1 aliphatic rings. The number of hydrogen-bond donors (Lipinski definition) is 2. The highest BCUT2D eigenvalue weighted by atomic mass is 35.5. The fraction of sp³-hybridized carbons (Fsp3) is 0.500. The van der Waals surface area contributed by atoms with Gasteiger partial charge in [0.1, 0.15) is 0 Å². The van der Waals surface area contributed by atoms with Gasteiger partial charge in [-0.25, -0.2) is 0 Å². The van der Waals surface area contributed by atoms with Gasteiger partial charge in [0.15, 0.2) is 11.5 Å². The summed E-state index contributed by atoms with van der Waals surface area (Å²) in [6.45, 7) is 4.38. The number of benzene rings is 1. The maximum Gasteiger partial charge on any atom is 0.231 e. The standard InChI is InChI=1S/C14H19ClN2O3/c1-3-14(4-2,7-16)13(18)17-10-6-12-11(5-9(10)15)19-8-20-12/h5-6H,3-4,7-8,16H2,1-2H3,(H,17,18). The van der Waals surface area contributed by atoms with E-state index in [1.165, 1.54) is 0 Å². The molecule has 0 saturated heterocycles. The lowest BCUT2D eigenvalue weighted by Gasteiger charge is -2.28. The molecule has 20 heavy (non-hydrogen) atoms. The van der Waals surface area contributed by atoms with Crippen LogP contribution in [0.1, 0.15) is 26.7 Å². The molecule has 1 aliphatic heterocycles. The number of nitrogens with two attached hydrogens (primary N) is 1. The van der Waals surface area contributed by atoms with Crippen LogP contribution in [0.2, 0.25) is 5.02 Å². The molecule has 5 nitrogen and oxygen atoms in total. The monoisotopic (exact) mass is 298 g/mol. The normalized spacial score (nSPS) is 13.4. The third kappa shape index (κ3) is 2.55. The fourth-order valence-corrected chi connectivity index (χ4v) is 2.42. The first kappa shape index (κ1) is 14.9. The highest BCUT2D eigenvalue weighted by Crippen LogP contribution is 2.40. The number of amides is 1. The van der Waals surface area contributed by atoms with Crippen molar-refractivity contribution in [3.63, 3.8) is 0 Å². The largest absolute Gasteiger partial charge is 0.454 e. The third-order valence-electron chi connectivity index (χ3n) is 3.94. The summed E-state index contributed by atoms with van der Waals surface area (Å²) >= 11 is 6.15. The first-order valence-corrected chi connectivity index (χ1v) is 7.04. The number of halogens is 1. The van der Waals surface area contributed by atoms with Crippen LogP contribution < -0.4 is 20.5 Å². The molecule has 1 aromatic rings. The van der Waals surface area contributed by atoms with Gasteiger partial charge in [0.25, 0.3) is 0 Å². The van der Waals surface area contributed by atoms with E-state index in [-0.39, 0.29) is 12.7 Å². The first-order chi connectivity index (χ1) is 9.56. The van der Waals surface area contributed by atoms with Crippen LogP contribution in [0.3, 0.4) is 0 Å². The molecule has 0 aromatic heterocycles. The fourth-order valence-electron chi connectivity index (χ4n) is 2.22. The summed E-state index contributed by atoms with van der Waals surface area (Å²) in [5.41, 5.74) is 5.72. The predicted molar refractivity (Wildman–Crippen MR) is 78.3 cm³/mol. The molecule has 2 rings (SSSR count). The molecule has 0 fully saturated rings. The van der Waals surface area contributed by atoms with Crippen molar-refractivity contribution >= 4 is 23.2 Å². The van der Waals surface area contributed by atoms with Crippen molar-refractivity contribution in [3.8, 4) is 11.5 Å². The van der Waals surface area contributed by atoms with Crippen molar-refractivity contribution in [2.75, 3.05) is 18.7 Å². The zero-order chi connectivity index (χ0) is 14.8. The van der Waals surface area contributed by atoms with E-state index in [9.17, 15) is 4.79 Å². The molecule has 1 aromatic carbocycles. The van der Waals surface area contributed by atoms with Crippen LogP contribution in [0.4, 0.5) is 5.69 Å². The first-order valence-electron chi connectivity index (χ1n) is 6.67. The van der Waals surface area contributed by atoms with Gasteiger partial charge < -0.3 is 20.5 Å². The van der Waals surface area contributed by atoms with Crippen LogP contribution in [-0.4, -0.2) is 19.2 Å². The Balaban J connectivity index is 2.24. The molecule has 0 saturated carbocycles. The van der Waals surface area contributed by atoms with Crippen LogP contribution in [0.15, 0.2) is 12.1 Å². The second-order valence-corrected chi connectivity index (χ2v) is 5.24. The summed E-state index contributed by atoms with van der Waals surface area (Å²) in [6.07, 6.45) is 1.35. The maximum absolute atomic E-state index is 12.5. The lowest BCUT2D eigenvalue weighted by atomic mass is 9.81. The van der Waals surface area contributed by atoms with Crippen molar-refractivity contribution < 1.29 is 14.3 Å². The van der Waals surface area contributed by atoms with E-state index in [0.717, 1.165) is 0 Å². The molecule has 3 N–H and O–H groups in total. The predicted octanol–water partition coefficient (Wildman–Crippen LogP) is 2.77. The van der Waals surface area contributed by atoms with Crippen LogP contribution >= 0.6 is 11.6 Å². The minimum Gasteiger partial charge on any atom is -0.454 e. The zero-order valence-corrected chi connectivity index (χ0v) is 12.4. The minimum absolute atomic E-state index is 0.120. The Hall–Kier alpha value is -1.46. The van der Waals surface area contributed by atoms with Crippen molar-refractivity contribution in [2.45, 2.75) is 26.7 Å². The lowest BCUT2D eigenvalue weighted by molar-refractivity contribution is -0.125.